The molecule has 0 bridgehead atoms. The molecule has 3 nitrogen and oxygen atoms in total. The summed E-state index contributed by atoms with van der Waals surface area (Å²) >= 11 is 0. The van der Waals surface area contributed by atoms with Gasteiger partial charge in [0.25, 0.3) is 0 Å². The number of rotatable bonds is 4. The van der Waals surface area contributed by atoms with Gasteiger partial charge in [-0.2, -0.15) is 0 Å². The molecule has 1 N–H and O–H groups in total. The molecule has 0 amide bonds. The van der Waals surface area contributed by atoms with E-state index in [4.69, 9.17) is 4.74 Å². The van der Waals surface area contributed by atoms with Crippen LogP contribution in [0.1, 0.15) is 51.9 Å². The number of ether oxygens (including phenoxy) is 1. The van der Waals surface area contributed by atoms with Gasteiger partial charge in [0, 0.05) is 19.2 Å². The zero-order valence-electron chi connectivity index (χ0n) is 11.1. The van der Waals surface area contributed by atoms with E-state index in [1.165, 1.54) is 32.1 Å². The predicted molar refractivity (Wildman–Crippen MR) is 69.1 cm³/mol. The highest BCUT2D eigenvalue weighted by Crippen LogP contribution is 2.24. The fourth-order valence-electron chi connectivity index (χ4n) is 3.24. The molecule has 2 rings (SSSR count). The van der Waals surface area contributed by atoms with Crippen LogP contribution in [0.25, 0.3) is 0 Å². The van der Waals surface area contributed by atoms with E-state index in [0.29, 0.717) is 12.1 Å². The number of aliphatic hydroxyl groups is 1. The fraction of sp³-hybridized carbons (Fsp3) is 1.00. The van der Waals surface area contributed by atoms with Crippen molar-refractivity contribution in [2.24, 2.45) is 0 Å². The summed E-state index contributed by atoms with van der Waals surface area (Å²) in [6.07, 6.45) is 8.55. The van der Waals surface area contributed by atoms with Crippen LogP contribution in [0.4, 0.5) is 0 Å². The van der Waals surface area contributed by atoms with Crippen molar-refractivity contribution < 1.29 is 9.84 Å². The smallest absolute Gasteiger partial charge is 0.0702 e. The maximum absolute atomic E-state index is 10.2. The highest BCUT2D eigenvalue weighted by atomic mass is 16.5. The van der Waals surface area contributed by atoms with Crippen LogP contribution in [0.3, 0.4) is 0 Å². The third-order valence-electron chi connectivity index (χ3n) is 4.28. The molecule has 17 heavy (non-hydrogen) atoms. The lowest BCUT2D eigenvalue weighted by molar-refractivity contribution is 0.0104. The van der Waals surface area contributed by atoms with E-state index < -0.39 is 0 Å². The van der Waals surface area contributed by atoms with E-state index in [1.54, 1.807) is 0 Å². The maximum Gasteiger partial charge on any atom is 0.0702 e. The Kier molecular flexibility index (Phi) is 5.26. The molecule has 0 aromatic carbocycles. The number of hydrogen-bond donors (Lipinski definition) is 1. The van der Waals surface area contributed by atoms with Gasteiger partial charge in [-0.3, -0.25) is 4.90 Å². The van der Waals surface area contributed by atoms with E-state index >= 15 is 0 Å². The van der Waals surface area contributed by atoms with E-state index in [1.807, 2.05) is 0 Å². The van der Waals surface area contributed by atoms with E-state index in [2.05, 4.69) is 11.8 Å². The Morgan fingerprint density at radius 2 is 1.94 bits per heavy atom. The van der Waals surface area contributed by atoms with Gasteiger partial charge in [-0.25, -0.2) is 0 Å². The second-order valence-electron chi connectivity index (χ2n) is 5.50. The molecule has 3 unspecified atom stereocenters. The molecule has 0 aromatic rings. The van der Waals surface area contributed by atoms with Crippen molar-refractivity contribution >= 4 is 0 Å². The predicted octanol–water partition coefficient (Wildman–Crippen LogP) is 2.18. The molecule has 2 aliphatic rings. The highest BCUT2D eigenvalue weighted by Gasteiger charge is 2.29. The Labute approximate surface area is 105 Å². The van der Waals surface area contributed by atoms with Gasteiger partial charge in [0.05, 0.1) is 12.2 Å². The monoisotopic (exact) mass is 241 g/mol. The van der Waals surface area contributed by atoms with Gasteiger partial charge in [0.2, 0.25) is 0 Å². The molecule has 2 fully saturated rings. The molecular weight excluding hydrogens is 214 g/mol. The average Bonchev–Trinajstić information content (AvgIpc) is 2.75. The van der Waals surface area contributed by atoms with Crippen molar-refractivity contribution in [3.05, 3.63) is 0 Å². The molecule has 3 atom stereocenters. The molecule has 1 heterocycles. The van der Waals surface area contributed by atoms with Gasteiger partial charge in [0.15, 0.2) is 0 Å². The SMILES string of the molecule is CCN(CC1CCCO1)C1CCCCCC1O. The molecule has 1 saturated carbocycles. The van der Waals surface area contributed by atoms with Crippen molar-refractivity contribution in [1.29, 1.82) is 0 Å². The van der Waals surface area contributed by atoms with Gasteiger partial charge < -0.3 is 9.84 Å². The van der Waals surface area contributed by atoms with Crippen LogP contribution in [-0.2, 0) is 4.74 Å². The van der Waals surface area contributed by atoms with E-state index in [0.717, 1.165) is 32.5 Å². The van der Waals surface area contributed by atoms with E-state index in [9.17, 15) is 5.11 Å². The van der Waals surface area contributed by atoms with Crippen LogP contribution in [-0.4, -0.2) is 48.0 Å². The summed E-state index contributed by atoms with van der Waals surface area (Å²) in [7, 11) is 0. The van der Waals surface area contributed by atoms with Crippen molar-refractivity contribution in [1.82, 2.24) is 4.90 Å². The topological polar surface area (TPSA) is 32.7 Å². The Balaban J connectivity index is 1.89. The third-order valence-corrected chi connectivity index (χ3v) is 4.28. The highest BCUT2D eigenvalue weighted by molar-refractivity contribution is 4.83. The molecule has 1 saturated heterocycles. The van der Waals surface area contributed by atoms with Gasteiger partial charge in [0.1, 0.15) is 0 Å². The van der Waals surface area contributed by atoms with Gasteiger partial charge in [-0.05, 0) is 32.2 Å². The summed E-state index contributed by atoms with van der Waals surface area (Å²) in [4.78, 5) is 2.45. The molecule has 0 spiro atoms. The number of aliphatic hydroxyl groups excluding tert-OH is 1. The van der Waals surface area contributed by atoms with Crippen LogP contribution >= 0.6 is 0 Å². The van der Waals surface area contributed by atoms with Crippen LogP contribution in [0.5, 0.6) is 0 Å². The molecule has 100 valence electrons. The lowest BCUT2D eigenvalue weighted by Gasteiger charge is -2.34. The second kappa shape index (κ2) is 6.72. The van der Waals surface area contributed by atoms with Crippen LogP contribution in [0, 0.1) is 0 Å². The second-order valence-corrected chi connectivity index (χ2v) is 5.50. The number of hydrogen-bond acceptors (Lipinski definition) is 3. The minimum Gasteiger partial charge on any atom is -0.391 e. The van der Waals surface area contributed by atoms with Gasteiger partial charge in [-0.1, -0.05) is 26.2 Å². The van der Waals surface area contributed by atoms with Gasteiger partial charge >= 0.3 is 0 Å². The number of likely N-dealkylation sites (N-methyl/N-ethyl adjacent to an activating group) is 1. The average molecular weight is 241 g/mol. The van der Waals surface area contributed by atoms with Crippen LogP contribution in [0.2, 0.25) is 0 Å². The summed E-state index contributed by atoms with van der Waals surface area (Å²) in [5, 5.41) is 10.2. The minimum atomic E-state index is -0.126. The van der Waals surface area contributed by atoms with Crippen molar-refractivity contribution in [3.63, 3.8) is 0 Å². The van der Waals surface area contributed by atoms with Crippen molar-refractivity contribution in [2.45, 2.75) is 70.1 Å². The molecule has 0 aromatic heterocycles. The Morgan fingerprint density at radius 1 is 1.12 bits per heavy atom. The lowest BCUT2D eigenvalue weighted by Crippen LogP contribution is -2.46. The summed E-state index contributed by atoms with van der Waals surface area (Å²) in [5.41, 5.74) is 0. The maximum atomic E-state index is 10.2. The van der Waals surface area contributed by atoms with E-state index in [-0.39, 0.29) is 6.10 Å². The molecule has 3 heteroatoms. The first-order chi connectivity index (χ1) is 8.31. The van der Waals surface area contributed by atoms with Gasteiger partial charge in [-0.15, -0.1) is 0 Å². The summed E-state index contributed by atoms with van der Waals surface area (Å²) in [6, 6.07) is 0.367. The third kappa shape index (κ3) is 3.67. The Morgan fingerprint density at radius 3 is 2.65 bits per heavy atom. The molecule has 1 aliphatic carbocycles. The first kappa shape index (κ1) is 13.3. The first-order valence-electron chi connectivity index (χ1n) is 7.35. The largest absolute Gasteiger partial charge is 0.391 e. The van der Waals surface area contributed by atoms with Crippen molar-refractivity contribution in [3.8, 4) is 0 Å². The Hall–Kier alpha value is -0.120. The quantitative estimate of drug-likeness (QED) is 0.766. The molecule has 1 aliphatic heterocycles. The lowest BCUT2D eigenvalue weighted by atomic mass is 10.0. The van der Waals surface area contributed by atoms with Crippen LogP contribution < -0.4 is 0 Å². The standard InChI is InChI=1S/C14H27NO2/c1-2-15(11-12-7-6-10-17-12)13-8-4-3-5-9-14(13)16/h12-14,16H,2-11H2,1H3. The molecule has 0 radical (unpaired) electrons. The Bertz CT molecular complexity index is 216. The summed E-state index contributed by atoms with van der Waals surface area (Å²) in [6.45, 7) is 5.17. The fourth-order valence-corrected chi connectivity index (χ4v) is 3.24. The zero-order chi connectivity index (χ0) is 12.1. The molecular formula is C14H27NO2. The minimum absolute atomic E-state index is 0.126. The summed E-state index contributed by atoms with van der Waals surface area (Å²) < 4.78 is 5.72. The summed E-state index contributed by atoms with van der Waals surface area (Å²) in [5.74, 6) is 0. The normalized spacial score (nSPS) is 35.1. The first-order valence-corrected chi connectivity index (χ1v) is 7.35. The zero-order valence-corrected chi connectivity index (χ0v) is 11.1. The number of nitrogens with zero attached hydrogens (tertiary/aromatic N) is 1. The van der Waals surface area contributed by atoms with Crippen molar-refractivity contribution in [2.75, 3.05) is 19.7 Å². The van der Waals surface area contributed by atoms with Crippen LogP contribution in [0.15, 0.2) is 0 Å².